The number of carbonyl (C=O) groups is 1. The Morgan fingerprint density at radius 3 is 2.42 bits per heavy atom. The minimum atomic E-state index is -4.64. The first-order valence-electron chi connectivity index (χ1n) is 5.90. The van der Waals surface area contributed by atoms with Gasteiger partial charge in [0.05, 0.1) is 0 Å². The van der Waals surface area contributed by atoms with Gasteiger partial charge in [0.15, 0.2) is 0 Å². The monoisotopic (exact) mass is 276 g/mol. The molecule has 0 unspecified atom stereocenters. The van der Waals surface area contributed by atoms with Crippen molar-refractivity contribution < 1.29 is 18.0 Å². The molecule has 1 heterocycles. The van der Waals surface area contributed by atoms with Crippen LogP contribution in [0.3, 0.4) is 0 Å². The van der Waals surface area contributed by atoms with Gasteiger partial charge in [0, 0.05) is 6.54 Å². The summed E-state index contributed by atoms with van der Waals surface area (Å²) in [6, 6.07) is 1.54. The van der Waals surface area contributed by atoms with Crippen LogP contribution < -0.4 is 11.3 Å². The van der Waals surface area contributed by atoms with Crippen LogP contribution >= 0.6 is 0 Å². The van der Waals surface area contributed by atoms with E-state index in [1.165, 1.54) is 0 Å². The van der Waals surface area contributed by atoms with Crippen LogP contribution in [0.4, 0.5) is 13.2 Å². The number of pyridine rings is 1. The lowest BCUT2D eigenvalue weighted by atomic mass is 10.2. The lowest BCUT2D eigenvalue weighted by Gasteiger charge is -2.15. The predicted octanol–water partition coefficient (Wildman–Crippen LogP) is 2.16. The standard InChI is InChI=1S/C12H15F3N2O2/c1-2-3-4-7-17-9(12(13,14)15)6-5-8(10(16)18)11(17)19/h5-6H,2-4,7H2,1H3,(H2,16,18). The highest BCUT2D eigenvalue weighted by Crippen LogP contribution is 2.28. The summed E-state index contributed by atoms with van der Waals surface area (Å²) < 4.78 is 39.0. The van der Waals surface area contributed by atoms with Crippen molar-refractivity contribution >= 4 is 5.91 Å². The molecular weight excluding hydrogens is 261 g/mol. The van der Waals surface area contributed by atoms with Crippen LogP contribution in [0.25, 0.3) is 0 Å². The third kappa shape index (κ3) is 3.59. The second-order valence-electron chi connectivity index (χ2n) is 4.16. The van der Waals surface area contributed by atoms with Gasteiger partial charge in [0.1, 0.15) is 11.3 Å². The molecule has 0 aliphatic rings. The molecule has 1 aromatic rings. The van der Waals surface area contributed by atoms with Crippen molar-refractivity contribution in [1.29, 1.82) is 0 Å². The van der Waals surface area contributed by atoms with Crippen molar-refractivity contribution in [3.63, 3.8) is 0 Å². The number of amides is 1. The number of alkyl halides is 3. The van der Waals surface area contributed by atoms with Gasteiger partial charge in [0.25, 0.3) is 11.5 Å². The fourth-order valence-corrected chi connectivity index (χ4v) is 1.76. The maximum absolute atomic E-state index is 12.8. The minimum absolute atomic E-state index is 0.0807. The fourth-order valence-electron chi connectivity index (χ4n) is 1.76. The SMILES string of the molecule is CCCCCn1c(C(F)(F)F)ccc(C(N)=O)c1=O. The highest BCUT2D eigenvalue weighted by Gasteiger charge is 2.34. The zero-order valence-corrected chi connectivity index (χ0v) is 10.5. The molecule has 106 valence electrons. The summed E-state index contributed by atoms with van der Waals surface area (Å²) in [6.45, 7) is 1.82. The number of halogens is 3. The lowest BCUT2D eigenvalue weighted by Crippen LogP contribution is -2.33. The number of hydrogen-bond donors (Lipinski definition) is 1. The van der Waals surface area contributed by atoms with Crippen molar-refractivity contribution in [2.24, 2.45) is 5.73 Å². The van der Waals surface area contributed by atoms with Gasteiger partial charge < -0.3 is 10.3 Å². The zero-order valence-electron chi connectivity index (χ0n) is 10.5. The van der Waals surface area contributed by atoms with Crippen LogP contribution in [0, 0.1) is 0 Å². The second kappa shape index (κ2) is 5.90. The number of rotatable bonds is 5. The number of carbonyl (C=O) groups excluding carboxylic acids is 1. The maximum Gasteiger partial charge on any atom is 0.431 e. The van der Waals surface area contributed by atoms with Crippen LogP contribution in [0.15, 0.2) is 16.9 Å². The number of unbranched alkanes of at least 4 members (excludes halogenated alkanes) is 2. The second-order valence-corrected chi connectivity index (χ2v) is 4.16. The molecule has 0 radical (unpaired) electrons. The first-order valence-corrected chi connectivity index (χ1v) is 5.90. The van der Waals surface area contributed by atoms with Crippen LogP contribution in [0.1, 0.15) is 42.2 Å². The summed E-state index contributed by atoms with van der Waals surface area (Å²) in [7, 11) is 0. The van der Waals surface area contributed by atoms with Gasteiger partial charge in [-0.2, -0.15) is 13.2 Å². The van der Waals surface area contributed by atoms with Gasteiger partial charge in [-0.15, -0.1) is 0 Å². The van der Waals surface area contributed by atoms with Crippen LogP contribution in [-0.4, -0.2) is 10.5 Å². The van der Waals surface area contributed by atoms with Crippen LogP contribution in [0.5, 0.6) is 0 Å². The molecule has 19 heavy (non-hydrogen) atoms. The number of nitrogens with zero attached hydrogens (tertiary/aromatic N) is 1. The molecule has 0 saturated carbocycles. The molecule has 4 nitrogen and oxygen atoms in total. The maximum atomic E-state index is 12.8. The molecule has 0 fully saturated rings. The molecule has 1 rings (SSSR count). The molecule has 0 aliphatic heterocycles. The highest BCUT2D eigenvalue weighted by atomic mass is 19.4. The van der Waals surface area contributed by atoms with E-state index in [2.05, 4.69) is 0 Å². The van der Waals surface area contributed by atoms with E-state index in [4.69, 9.17) is 5.73 Å². The Morgan fingerprint density at radius 1 is 1.32 bits per heavy atom. The summed E-state index contributed by atoms with van der Waals surface area (Å²) in [4.78, 5) is 22.8. The van der Waals surface area contributed by atoms with Crippen molar-refractivity contribution in [2.45, 2.75) is 38.9 Å². The third-order valence-corrected chi connectivity index (χ3v) is 2.72. The van der Waals surface area contributed by atoms with Crippen molar-refractivity contribution in [3.05, 3.63) is 33.7 Å². The first-order chi connectivity index (χ1) is 8.79. The molecule has 0 atom stereocenters. The van der Waals surface area contributed by atoms with Crippen molar-refractivity contribution in [1.82, 2.24) is 4.57 Å². The largest absolute Gasteiger partial charge is 0.431 e. The molecule has 0 bridgehead atoms. The Kier molecular flexibility index (Phi) is 4.74. The molecule has 7 heteroatoms. The van der Waals surface area contributed by atoms with Crippen molar-refractivity contribution in [2.75, 3.05) is 0 Å². The number of aromatic nitrogens is 1. The van der Waals surface area contributed by atoms with Gasteiger partial charge in [0.2, 0.25) is 0 Å². The quantitative estimate of drug-likeness (QED) is 0.837. The molecule has 0 saturated heterocycles. The summed E-state index contributed by atoms with van der Waals surface area (Å²) in [5.74, 6) is -1.03. The molecule has 1 amide bonds. The van der Waals surface area contributed by atoms with Crippen LogP contribution in [-0.2, 0) is 12.7 Å². The smallest absolute Gasteiger partial charge is 0.365 e. The Balaban J connectivity index is 3.30. The normalized spacial score (nSPS) is 11.6. The minimum Gasteiger partial charge on any atom is -0.365 e. The van der Waals surface area contributed by atoms with Gasteiger partial charge in [-0.1, -0.05) is 19.8 Å². The van der Waals surface area contributed by atoms with Crippen LogP contribution in [0.2, 0.25) is 0 Å². The van der Waals surface area contributed by atoms with E-state index in [0.717, 1.165) is 12.5 Å². The topological polar surface area (TPSA) is 65.1 Å². The highest BCUT2D eigenvalue weighted by molar-refractivity contribution is 5.92. The third-order valence-electron chi connectivity index (χ3n) is 2.72. The molecule has 1 aromatic heterocycles. The molecular formula is C12H15F3N2O2. The molecule has 0 spiro atoms. The summed E-state index contributed by atoms with van der Waals surface area (Å²) in [5, 5.41) is 0. The predicted molar refractivity (Wildman–Crippen MR) is 63.7 cm³/mol. The Hall–Kier alpha value is -1.79. The Labute approximate surface area is 108 Å². The van der Waals surface area contributed by atoms with E-state index in [1.807, 2.05) is 6.92 Å². The van der Waals surface area contributed by atoms with E-state index in [-0.39, 0.29) is 6.54 Å². The van der Waals surface area contributed by atoms with E-state index >= 15 is 0 Å². The van der Waals surface area contributed by atoms with E-state index in [9.17, 15) is 22.8 Å². The van der Waals surface area contributed by atoms with Gasteiger partial charge in [-0.05, 0) is 18.6 Å². The van der Waals surface area contributed by atoms with E-state index < -0.39 is 28.9 Å². The van der Waals surface area contributed by atoms with E-state index in [1.54, 1.807) is 0 Å². The summed E-state index contributed by atoms with van der Waals surface area (Å²) in [5.41, 5.74) is 2.49. The Bertz CT molecular complexity index is 521. The number of primary amides is 1. The molecule has 0 aromatic carbocycles. The zero-order chi connectivity index (χ0) is 14.6. The average molecular weight is 276 g/mol. The summed E-state index contributed by atoms with van der Waals surface area (Å²) in [6.07, 6.45) is -2.70. The lowest BCUT2D eigenvalue weighted by molar-refractivity contribution is -0.144. The summed E-state index contributed by atoms with van der Waals surface area (Å²) >= 11 is 0. The Morgan fingerprint density at radius 2 is 1.95 bits per heavy atom. The first kappa shape index (κ1) is 15.3. The molecule has 2 N–H and O–H groups in total. The van der Waals surface area contributed by atoms with Gasteiger partial charge in [-0.3, -0.25) is 9.59 Å². The van der Waals surface area contributed by atoms with Crippen molar-refractivity contribution in [3.8, 4) is 0 Å². The van der Waals surface area contributed by atoms with Gasteiger partial charge >= 0.3 is 6.18 Å². The molecule has 0 aliphatic carbocycles. The number of hydrogen-bond acceptors (Lipinski definition) is 2. The fraction of sp³-hybridized carbons (Fsp3) is 0.500. The van der Waals surface area contributed by atoms with Gasteiger partial charge in [-0.25, -0.2) is 0 Å². The van der Waals surface area contributed by atoms with E-state index in [0.29, 0.717) is 23.5 Å². The number of nitrogens with two attached hydrogens (primary N) is 1. The average Bonchev–Trinajstić information content (AvgIpc) is 2.29.